The van der Waals surface area contributed by atoms with Crippen molar-refractivity contribution in [3.05, 3.63) is 84.0 Å². The van der Waals surface area contributed by atoms with Crippen LogP contribution in [0.5, 0.6) is 11.5 Å². The highest BCUT2D eigenvalue weighted by Gasteiger charge is 2.26. The van der Waals surface area contributed by atoms with Gasteiger partial charge in [0.1, 0.15) is 11.5 Å². The Labute approximate surface area is 138 Å². The van der Waals surface area contributed by atoms with E-state index in [1.54, 1.807) is 24.3 Å². The van der Waals surface area contributed by atoms with Crippen molar-refractivity contribution in [1.82, 2.24) is 0 Å². The summed E-state index contributed by atoms with van der Waals surface area (Å²) < 4.78 is 0. The number of benzene rings is 2. The van der Waals surface area contributed by atoms with Gasteiger partial charge in [0, 0.05) is 5.41 Å². The maximum Gasteiger partial charge on any atom is 0.119 e. The third-order valence-corrected chi connectivity index (χ3v) is 4.29. The van der Waals surface area contributed by atoms with Crippen molar-refractivity contribution in [3.8, 4) is 11.5 Å². The number of allylic oxidation sites excluding steroid dienone is 2. The molecule has 0 saturated carbocycles. The number of aromatic hydroxyl groups is 2. The monoisotopic (exact) mass is 308 g/mol. The number of phenolic OH excluding ortho intramolecular Hbond substituents is 2. The fourth-order valence-corrected chi connectivity index (χ4v) is 2.96. The van der Waals surface area contributed by atoms with Crippen LogP contribution in [0.2, 0.25) is 0 Å². The lowest BCUT2D eigenvalue weighted by molar-refractivity contribution is 0.468. The summed E-state index contributed by atoms with van der Waals surface area (Å²) in [6.45, 7) is 11.8. The second-order valence-corrected chi connectivity index (χ2v) is 6.30. The highest BCUT2D eigenvalue weighted by atomic mass is 16.3. The van der Waals surface area contributed by atoms with Gasteiger partial charge < -0.3 is 10.2 Å². The first-order chi connectivity index (χ1) is 10.9. The minimum atomic E-state index is -0.254. The Hall–Kier alpha value is -2.48. The van der Waals surface area contributed by atoms with Gasteiger partial charge in [-0.15, -0.1) is 13.2 Å². The summed E-state index contributed by atoms with van der Waals surface area (Å²) in [4.78, 5) is 0. The van der Waals surface area contributed by atoms with Gasteiger partial charge in [0.2, 0.25) is 0 Å². The normalized spacial score (nSPS) is 11.2. The van der Waals surface area contributed by atoms with Gasteiger partial charge in [0.05, 0.1) is 0 Å². The van der Waals surface area contributed by atoms with Crippen LogP contribution in [0.4, 0.5) is 0 Å². The zero-order valence-electron chi connectivity index (χ0n) is 13.8. The summed E-state index contributed by atoms with van der Waals surface area (Å²) in [5.74, 6) is 0.556. The quantitative estimate of drug-likeness (QED) is 0.747. The summed E-state index contributed by atoms with van der Waals surface area (Å²) in [6.07, 6.45) is 4.96. The molecule has 0 aromatic heterocycles. The van der Waals surface area contributed by atoms with E-state index >= 15 is 0 Å². The smallest absolute Gasteiger partial charge is 0.119 e. The van der Waals surface area contributed by atoms with Crippen molar-refractivity contribution in [2.75, 3.05) is 0 Å². The molecule has 0 aliphatic rings. The lowest BCUT2D eigenvalue weighted by atomic mass is 9.75. The molecular formula is C21H24O2. The first-order valence-corrected chi connectivity index (χ1v) is 7.76. The van der Waals surface area contributed by atoms with Crippen molar-refractivity contribution in [1.29, 1.82) is 0 Å². The van der Waals surface area contributed by atoms with Gasteiger partial charge in [-0.3, -0.25) is 0 Å². The van der Waals surface area contributed by atoms with E-state index in [4.69, 9.17) is 0 Å². The van der Waals surface area contributed by atoms with E-state index in [1.165, 1.54) is 0 Å². The number of rotatable bonds is 6. The fraction of sp³-hybridized carbons (Fsp3) is 0.238. The highest BCUT2D eigenvalue weighted by molar-refractivity contribution is 5.48. The number of hydrogen-bond donors (Lipinski definition) is 2. The minimum absolute atomic E-state index is 0.254. The first kappa shape index (κ1) is 16.9. The van der Waals surface area contributed by atoms with Crippen molar-refractivity contribution in [2.45, 2.75) is 32.1 Å². The molecule has 23 heavy (non-hydrogen) atoms. The summed E-state index contributed by atoms with van der Waals surface area (Å²) >= 11 is 0. The van der Waals surface area contributed by atoms with Crippen LogP contribution in [0.3, 0.4) is 0 Å². The summed E-state index contributed by atoms with van der Waals surface area (Å²) in [5, 5.41) is 19.8. The Balaban J connectivity index is 2.55. The fourth-order valence-electron chi connectivity index (χ4n) is 2.96. The predicted molar refractivity (Wildman–Crippen MR) is 96.1 cm³/mol. The maximum absolute atomic E-state index is 9.98. The van der Waals surface area contributed by atoms with Crippen molar-refractivity contribution >= 4 is 0 Å². The van der Waals surface area contributed by atoms with Gasteiger partial charge >= 0.3 is 0 Å². The Morgan fingerprint density at radius 3 is 2.22 bits per heavy atom. The molecule has 0 fully saturated rings. The molecule has 0 spiro atoms. The largest absolute Gasteiger partial charge is 0.508 e. The summed E-state index contributed by atoms with van der Waals surface area (Å²) in [5.41, 5.74) is 3.93. The molecule has 2 heteroatoms. The van der Waals surface area contributed by atoms with E-state index in [0.717, 1.165) is 22.3 Å². The van der Waals surface area contributed by atoms with Gasteiger partial charge in [-0.2, -0.15) is 0 Å². The van der Waals surface area contributed by atoms with Crippen LogP contribution >= 0.6 is 0 Å². The van der Waals surface area contributed by atoms with E-state index in [1.807, 2.05) is 24.3 Å². The van der Waals surface area contributed by atoms with Gasteiger partial charge in [0.15, 0.2) is 0 Å². The summed E-state index contributed by atoms with van der Waals surface area (Å²) in [7, 11) is 0. The molecule has 0 bridgehead atoms. The van der Waals surface area contributed by atoms with Crippen molar-refractivity contribution in [2.24, 2.45) is 0 Å². The van der Waals surface area contributed by atoms with Crippen LogP contribution in [0.25, 0.3) is 0 Å². The molecule has 0 saturated heterocycles. The first-order valence-electron chi connectivity index (χ1n) is 7.76. The van der Waals surface area contributed by atoms with Gasteiger partial charge in [-0.05, 0) is 53.3 Å². The van der Waals surface area contributed by atoms with E-state index in [0.29, 0.717) is 18.6 Å². The molecule has 0 unspecified atom stereocenters. The molecule has 0 amide bonds. The molecule has 2 aromatic carbocycles. The second kappa shape index (κ2) is 6.74. The van der Waals surface area contributed by atoms with Crippen LogP contribution in [0.1, 0.15) is 36.1 Å². The highest BCUT2D eigenvalue weighted by Crippen LogP contribution is 2.37. The lowest BCUT2D eigenvalue weighted by Crippen LogP contribution is -2.21. The van der Waals surface area contributed by atoms with Crippen molar-refractivity contribution < 1.29 is 10.2 Å². The molecule has 120 valence electrons. The molecule has 2 aromatic rings. The standard InChI is InChI=1S/C21H24O2/c1-5-7-15-14-18(22)10-11-19(15)21(3,4)17-9-12-20(23)16(13-17)8-6-2/h5-6,9-14,22-23H,1-2,7-8H2,3-4H3. The van der Waals surface area contributed by atoms with Crippen LogP contribution in [0, 0.1) is 0 Å². The molecule has 0 heterocycles. The van der Waals surface area contributed by atoms with Crippen LogP contribution in [-0.2, 0) is 18.3 Å². The topological polar surface area (TPSA) is 40.5 Å². The van der Waals surface area contributed by atoms with Gasteiger partial charge in [0.25, 0.3) is 0 Å². The van der Waals surface area contributed by atoms with E-state index in [9.17, 15) is 10.2 Å². The number of hydrogen-bond acceptors (Lipinski definition) is 2. The van der Waals surface area contributed by atoms with Crippen molar-refractivity contribution in [3.63, 3.8) is 0 Å². The Morgan fingerprint density at radius 1 is 0.913 bits per heavy atom. The SMILES string of the molecule is C=CCc1cc(C(C)(C)c2ccc(O)cc2CC=C)ccc1O. The second-order valence-electron chi connectivity index (χ2n) is 6.30. The zero-order valence-corrected chi connectivity index (χ0v) is 13.8. The zero-order chi connectivity index (χ0) is 17.0. The average molecular weight is 308 g/mol. The molecule has 0 radical (unpaired) electrons. The van der Waals surface area contributed by atoms with Crippen LogP contribution in [-0.4, -0.2) is 10.2 Å². The molecule has 0 atom stereocenters. The van der Waals surface area contributed by atoms with Gasteiger partial charge in [-0.25, -0.2) is 0 Å². The maximum atomic E-state index is 9.98. The molecule has 2 rings (SSSR count). The molecule has 2 nitrogen and oxygen atoms in total. The molecule has 0 aliphatic heterocycles. The Morgan fingerprint density at radius 2 is 1.57 bits per heavy atom. The Kier molecular flexibility index (Phi) is 4.95. The minimum Gasteiger partial charge on any atom is -0.508 e. The van der Waals surface area contributed by atoms with E-state index in [-0.39, 0.29) is 11.2 Å². The van der Waals surface area contributed by atoms with E-state index in [2.05, 4.69) is 27.0 Å². The molecular weight excluding hydrogens is 284 g/mol. The van der Waals surface area contributed by atoms with E-state index < -0.39 is 0 Å². The van der Waals surface area contributed by atoms with Gasteiger partial charge in [-0.1, -0.05) is 44.2 Å². The Bertz CT molecular complexity index is 727. The van der Waals surface area contributed by atoms with Crippen LogP contribution < -0.4 is 0 Å². The third-order valence-electron chi connectivity index (χ3n) is 4.29. The lowest BCUT2D eigenvalue weighted by Gasteiger charge is -2.29. The average Bonchev–Trinajstić information content (AvgIpc) is 2.49. The van der Waals surface area contributed by atoms with Crippen LogP contribution in [0.15, 0.2) is 61.7 Å². The predicted octanol–water partition coefficient (Wildman–Crippen LogP) is 4.88. The third kappa shape index (κ3) is 3.48. The molecule has 2 N–H and O–H groups in total. The number of phenols is 2. The summed E-state index contributed by atoms with van der Waals surface area (Å²) in [6, 6.07) is 11.2. The molecule has 0 aliphatic carbocycles.